The molecule has 1 aliphatic carbocycles. The Morgan fingerprint density at radius 3 is 2.87 bits per heavy atom. The van der Waals surface area contributed by atoms with Gasteiger partial charge in [-0.3, -0.25) is 9.59 Å². The van der Waals surface area contributed by atoms with Crippen molar-refractivity contribution in [2.24, 2.45) is 5.92 Å². The van der Waals surface area contributed by atoms with Gasteiger partial charge in [0.1, 0.15) is 5.56 Å². The molecule has 2 heterocycles. The maximum atomic E-state index is 12.6. The Labute approximate surface area is 133 Å². The number of rotatable bonds is 3. The first-order valence-electron chi connectivity index (χ1n) is 7.91. The summed E-state index contributed by atoms with van der Waals surface area (Å²) in [6.45, 7) is 1.85. The molecular weight excluding hydrogens is 296 g/mol. The number of carboxylic acids is 1. The van der Waals surface area contributed by atoms with Crippen molar-refractivity contribution in [3.63, 3.8) is 0 Å². The number of amides is 1. The normalized spacial score (nSPS) is 21.8. The summed E-state index contributed by atoms with van der Waals surface area (Å²) in [6.07, 6.45) is 7.35. The summed E-state index contributed by atoms with van der Waals surface area (Å²) in [5, 5.41) is 16.4. The van der Waals surface area contributed by atoms with Crippen LogP contribution >= 0.6 is 0 Å². The highest BCUT2D eigenvalue weighted by Crippen LogP contribution is 2.24. The molecule has 0 unspecified atom stereocenters. The van der Waals surface area contributed by atoms with Crippen LogP contribution in [0, 0.1) is 12.8 Å². The fourth-order valence-electron chi connectivity index (χ4n) is 3.14. The topological polar surface area (TPSA) is 96.6 Å². The van der Waals surface area contributed by atoms with Crippen LogP contribution in [0.1, 0.15) is 48.2 Å². The number of hydrogen-bond acceptors (Lipinski definition) is 4. The number of nitrogens with one attached hydrogen (secondary N) is 1. The van der Waals surface area contributed by atoms with Gasteiger partial charge in [-0.15, -0.1) is 0 Å². The van der Waals surface area contributed by atoms with E-state index in [0.29, 0.717) is 24.1 Å². The van der Waals surface area contributed by atoms with Gasteiger partial charge in [-0.1, -0.05) is 19.3 Å². The first-order valence-corrected chi connectivity index (χ1v) is 7.91. The molecule has 1 saturated carbocycles. The lowest BCUT2D eigenvalue weighted by atomic mass is 9.94. The Bertz CT molecular complexity index is 740. The molecule has 23 heavy (non-hydrogen) atoms. The number of aromatic nitrogens is 3. The van der Waals surface area contributed by atoms with Crippen LogP contribution in [-0.4, -0.2) is 37.6 Å². The van der Waals surface area contributed by atoms with E-state index in [4.69, 9.17) is 0 Å². The van der Waals surface area contributed by atoms with Crippen LogP contribution in [0.5, 0.6) is 0 Å². The Hall–Kier alpha value is -2.44. The summed E-state index contributed by atoms with van der Waals surface area (Å²) >= 11 is 0. The lowest BCUT2D eigenvalue weighted by Gasteiger charge is -2.22. The van der Waals surface area contributed by atoms with Crippen LogP contribution in [0.25, 0.3) is 5.65 Å². The number of aryl methyl sites for hydroxylation is 1. The maximum Gasteiger partial charge on any atom is 0.308 e. The Kier molecular flexibility index (Phi) is 4.27. The quantitative estimate of drug-likeness (QED) is 0.842. The van der Waals surface area contributed by atoms with E-state index in [9.17, 15) is 14.7 Å². The molecule has 0 bridgehead atoms. The third-order valence-electron chi connectivity index (χ3n) is 4.40. The van der Waals surface area contributed by atoms with Gasteiger partial charge in [-0.05, 0) is 25.8 Å². The number of aliphatic carboxylic acids is 1. The van der Waals surface area contributed by atoms with Crippen LogP contribution in [0.2, 0.25) is 0 Å². The highest BCUT2D eigenvalue weighted by Gasteiger charge is 2.31. The monoisotopic (exact) mass is 316 g/mol. The molecule has 2 aromatic heterocycles. The zero-order valence-electron chi connectivity index (χ0n) is 13.0. The van der Waals surface area contributed by atoms with Crippen LogP contribution in [0.3, 0.4) is 0 Å². The second kappa shape index (κ2) is 6.36. The second-order valence-corrected chi connectivity index (χ2v) is 6.06. The minimum atomic E-state index is -0.842. The number of hydrogen-bond donors (Lipinski definition) is 2. The largest absolute Gasteiger partial charge is 0.481 e. The zero-order valence-corrected chi connectivity index (χ0v) is 13.0. The third-order valence-corrected chi connectivity index (χ3v) is 4.40. The number of carbonyl (C=O) groups excluding carboxylic acids is 1. The minimum Gasteiger partial charge on any atom is -0.481 e. The molecular formula is C16H20N4O3. The molecule has 1 aliphatic rings. The van der Waals surface area contributed by atoms with E-state index in [1.165, 1.54) is 6.20 Å². The highest BCUT2D eigenvalue weighted by molar-refractivity contribution is 6.00. The second-order valence-electron chi connectivity index (χ2n) is 6.06. The van der Waals surface area contributed by atoms with Gasteiger partial charge in [0, 0.05) is 17.9 Å². The third kappa shape index (κ3) is 3.18. The Balaban J connectivity index is 1.84. The summed E-state index contributed by atoms with van der Waals surface area (Å²) in [5.74, 6) is -1.68. The van der Waals surface area contributed by atoms with Crippen LogP contribution < -0.4 is 5.32 Å². The molecule has 3 rings (SSSR count). The molecule has 0 saturated heterocycles. The standard InChI is InChI=1S/C16H20N4O3/c1-10-7-8-20-14(18-10)12(9-17-20)15(21)19-13-6-4-2-3-5-11(13)16(22)23/h7-9,11,13H,2-6H2,1H3,(H,19,21)(H,22,23)/t11-,13+/m1/s1. The lowest BCUT2D eigenvalue weighted by Crippen LogP contribution is -2.42. The van der Waals surface area contributed by atoms with Gasteiger partial charge in [0.2, 0.25) is 0 Å². The van der Waals surface area contributed by atoms with Gasteiger partial charge in [-0.25, -0.2) is 9.50 Å². The number of fused-ring (bicyclic) bond motifs is 1. The van der Waals surface area contributed by atoms with Crippen molar-refractivity contribution < 1.29 is 14.7 Å². The van der Waals surface area contributed by atoms with Crippen molar-refractivity contribution in [3.8, 4) is 0 Å². The van der Waals surface area contributed by atoms with Crippen molar-refractivity contribution in [3.05, 3.63) is 29.7 Å². The molecule has 0 spiro atoms. The zero-order chi connectivity index (χ0) is 16.4. The van der Waals surface area contributed by atoms with E-state index < -0.39 is 11.9 Å². The molecule has 1 amide bonds. The van der Waals surface area contributed by atoms with Crippen molar-refractivity contribution in [1.29, 1.82) is 0 Å². The molecule has 0 radical (unpaired) electrons. The average molecular weight is 316 g/mol. The first-order chi connectivity index (χ1) is 11.1. The van der Waals surface area contributed by atoms with E-state index in [2.05, 4.69) is 15.4 Å². The molecule has 0 aliphatic heterocycles. The van der Waals surface area contributed by atoms with Crippen LogP contribution in [-0.2, 0) is 4.79 Å². The molecule has 2 aromatic rings. The summed E-state index contributed by atoms with van der Waals surface area (Å²) in [4.78, 5) is 28.4. The van der Waals surface area contributed by atoms with E-state index in [1.54, 1.807) is 10.7 Å². The van der Waals surface area contributed by atoms with Crippen molar-refractivity contribution in [1.82, 2.24) is 19.9 Å². The molecule has 7 heteroatoms. The SMILES string of the molecule is Cc1ccn2ncc(C(=O)N[C@H]3CCCCC[C@H]3C(=O)O)c2n1. The highest BCUT2D eigenvalue weighted by atomic mass is 16.4. The van der Waals surface area contributed by atoms with Crippen molar-refractivity contribution >= 4 is 17.5 Å². The fraction of sp³-hybridized carbons (Fsp3) is 0.500. The predicted octanol–water partition coefficient (Wildman–Crippen LogP) is 1.80. The van der Waals surface area contributed by atoms with Crippen LogP contribution in [0.15, 0.2) is 18.5 Å². The van der Waals surface area contributed by atoms with Gasteiger partial charge in [-0.2, -0.15) is 5.10 Å². The van der Waals surface area contributed by atoms with E-state index in [0.717, 1.165) is 25.0 Å². The smallest absolute Gasteiger partial charge is 0.308 e. The molecule has 1 fully saturated rings. The molecule has 0 aromatic carbocycles. The Morgan fingerprint density at radius 1 is 1.30 bits per heavy atom. The summed E-state index contributed by atoms with van der Waals surface area (Å²) < 4.78 is 1.55. The number of carboxylic acid groups (broad SMARTS) is 1. The van der Waals surface area contributed by atoms with Gasteiger partial charge in [0.25, 0.3) is 5.91 Å². The summed E-state index contributed by atoms with van der Waals surface area (Å²) in [5.41, 5.74) is 1.66. The van der Waals surface area contributed by atoms with E-state index in [-0.39, 0.29) is 11.9 Å². The maximum absolute atomic E-state index is 12.6. The van der Waals surface area contributed by atoms with Gasteiger partial charge < -0.3 is 10.4 Å². The van der Waals surface area contributed by atoms with Gasteiger partial charge in [0.15, 0.2) is 5.65 Å². The lowest BCUT2D eigenvalue weighted by molar-refractivity contribution is -0.142. The molecule has 2 atom stereocenters. The number of carbonyl (C=O) groups is 2. The summed E-state index contributed by atoms with van der Waals surface area (Å²) in [7, 11) is 0. The van der Waals surface area contributed by atoms with Gasteiger partial charge in [0.05, 0.1) is 12.1 Å². The minimum absolute atomic E-state index is 0.309. The van der Waals surface area contributed by atoms with Crippen molar-refractivity contribution in [2.45, 2.75) is 45.1 Å². The first kappa shape index (κ1) is 15.5. The Morgan fingerprint density at radius 2 is 2.09 bits per heavy atom. The van der Waals surface area contributed by atoms with Crippen molar-refractivity contribution in [2.75, 3.05) is 0 Å². The molecule has 7 nitrogen and oxygen atoms in total. The summed E-state index contributed by atoms with van der Waals surface area (Å²) in [6, 6.07) is 1.47. The van der Waals surface area contributed by atoms with Crippen LogP contribution in [0.4, 0.5) is 0 Å². The predicted molar refractivity (Wildman–Crippen MR) is 83.2 cm³/mol. The fourth-order valence-corrected chi connectivity index (χ4v) is 3.14. The average Bonchev–Trinajstić information content (AvgIpc) is 2.78. The molecule has 122 valence electrons. The van der Waals surface area contributed by atoms with Gasteiger partial charge >= 0.3 is 5.97 Å². The molecule has 2 N–H and O–H groups in total. The van der Waals surface area contributed by atoms with E-state index in [1.807, 2.05) is 13.0 Å². The van der Waals surface area contributed by atoms with E-state index >= 15 is 0 Å². The number of nitrogens with zero attached hydrogens (tertiary/aromatic N) is 3.